The minimum Gasteiger partial charge on any atom is -0.350 e. The fraction of sp³-hybridized carbons (Fsp3) is 0.385. The van der Waals surface area contributed by atoms with Crippen LogP contribution in [0.2, 0.25) is 0 Å². The van der Waals surface area contributed by atoms with Crippen molar-refractivity contribution in [1.82, 2.24) is 9.88 Å². The molecule has 2 nitrogen and oxygen atoms in total. The number of nitrogens with one attached hydrogen (secondary N) is 1. The minimum atomic E-state index is 0.933. The van der Waals surface area contributed by atoms with E-state index >= 15 is 0 Å². The summed E-state index contributed by atoms with van der Waals surface area (Å²) in [5, 5.41) is 3.48. The van der Waals surface area contributed by atoms with Crippen molar-refractivity contribution in [3.63, 3.8) is 0 Å². The molecule has 0 aliphatic carbocycles. The molecule has 2 aromatic rings. The lowest BCUT2D eigenvalue weighted by atomic mass is 10.4. The van der Waals surface area contributed by atoms with Gasteiger partial charge in [0.05, 0.1) is 3.79 Å². The Hall–Kier alpha value is -0.580. The van der Waals surface area contributed by atoms with Gasteiger partial charge in [0.25, 0.3) is 0 Å². The van der Waals surface area contributed by atoms with Gasteiger partial charge in [-0.05, 0) is 46.6 Å². The molecule has 0 spiro atoms. The van der Waals surface area contributed by atoms with E-state index in [9.17, 15) is 0 Å². The number of hydrogen-bond acceptors (Lipinski definition) is 2. The topological polar surface area (TPSA) is 17.0 Å². The number of halogens is 1. The van der Waals surface area contributed by atoms with Gasteiger partial charge >= 0.3 is 0 Å². The first-order valence-corrected chi connectivity index (χ1v) is 7.49. The van der Waals surface area contributed by atoms with E-state index in [0.717, 1.165) is 19.6 Å². The summed E-state index contributed by atoms with van der Waals surface area (Å²) in [6, 6.07) is 8.57. The molecule has 92 valence electrons. The van der Waals surface area contributed by atoms with Crippen LogP contribution in [0.15, 0.2) is 34.2 Å². The van der Waals surface area contributed by atoms with Gasteiger partial charge in [0, 0.05) is 36.4 Å². The second kappa shape index (κ2) is 6.38. The van der Waals surface area contributed by atoms with Gasteiger partial charge in [0.2, 0.25) is 0 Å². The first-order valence-electron chi connectivity index (χ1n) is 5.88. The lowest BCUT2D eigenvalue weighted by Gasteiger charge is -2.08. The Morgan fingerprint density at radius 2 is 2.18 bits per heavy atom. The highest BCUT2D eigenvalue weighted by Gasteiger charge is 2.01. The van der Waals surface area contributed by atoms with E-state index in [2.05, 4.69) is 63.2 Å². The van der Waals surface area contributed by atoms with Crippen molar-refractivity contribution < 1.29 is 0 Å². The van der Waals surface area contributed by atoms with Gasteiger partial charge in [0.15, 0.2) is 0 Å². The molecular weight excluding hydrogens is 296 g/mol. The minimum absolute atomic E-state index is 0.933. The van der Waals surface area contributed by atoms with Gasteiger partial charge in [-0.2, -0.15) is 0 Å². The SMILES string of the molecule is CCCn1cccc1CNCc1ccc(Br)s1. The first kappa shape index (κ1) is 12.9. The summed E-state index contributed by atoms with van der Waals surface area (Å²) in [6.45, 7) is 5.19. The molecule has 17 heavy (non-hydrogen) atoms. The first-order chi connectivity index (χ1) is 8.29. The quantitative estimate of drug-likeness (QED) is 0.852. The molecule has 0 aliphatic rings. The summed E-state index contributed by atoms with van der Waals surface area (Å²) in [7, 11) is 0. The van der Waals surface area contributed by atoms with Gasteiger partial charge in [-0.3, -0.25) is 0 Å². The molecule has 0 unspecified atom stereocenters. The zero-order valence-corrected chi connectivity index (χ0v) is 12.4. The Balaban J connectivity index is 1.83. The molecule has 0 atom stereocenters. The summed E-state index contributed by atoms with van der Waals surface area (Å²) >= 11 is 5.27. The van der Waals surface area contributed by atoms with Crippen molar-refractivity contribution in [1.29, 1.82) is 0 Å². The number of hydrogen-bond donors (Lipinski definition) is 1. The highest BCUT2D eigenvalue weighted by Crippen LogP contribution is 2.21. The van der Waals surface area contributed by atoms with Crippen LogP contribution in [0.1, 0.15) is 23.9 Å². The van der Waals surface area contributed by atoms with Crippen molar-refractivity contribution in [2.45, 2.75) is 33.0 Å². The lowest BCUT2D eigenvalue weighted by molar-refractivity contribution is 0.604. The van der Waals surface area contributed by atoms with Gasteiger partial charge in [-0.1, -0.05) is 6.92 Å². The second-order valence-electron chi connectivity index (χ2n) is 4.00. The fourth-order valence-corrected chi connectivity index (χ4v) is 3.28. The van der Waals surface area contributed by atoms with Crippen molar-refractivity contribution in [3.8, 4) is 0 Å². The van der Waals surface area contributed by atoms with Gasteiger partial charge in [-0.25, -0.2) is 0 Å². The molecule has 0 radical (unpaired) electrons. The smallest absolute Gasteiger partial charge is 0.0701 e. The van der Waals surface area contributed by atoms with Crippen LogP contribution >= 0.6 is 27.3 Å². The van der Waals surface area contributed by atoms with Crippen LogP contribution in [0.25, 0.3) is 0 Å². The third-order valence-electron chi connectivity index (χ3n) is 2.62. The van der Waals surface area contributed by atoms with Gasteiger partial charge < -0.3 is 9.88 Å². The van der Waals surface area contributed by atoms with E-state index in [4.69, 9.17) is 0 Å². The average Bonchev–Trinajstić information content (AvgIpc) is 2.90. The highest BCUT2D eigenvalue weighted by atomic mass is 79.9. The maximum Gasteiger partial charge on any atom is 0.0701 e. The van der Waals surface area contributed by atoms with Crippen molar-refractivity contribution >= 4 is 27.3 Å². The molecule has 0 aromatic carbocycles. The molecule has 0 saturated carbocycles. The summed E-state index contributed by atoms with van der Waals surface area (Å²) < 4.78 is 3.51. The molecule has 1 N–H and O–H groups in total. The van der Waals surface area contributed by atoms with Crippen LogP contribution in [0.3, 0.4) is 0 Å². The van der Waals surface area contributed by atoms with E-state index in [1.807, 2.05) is 0 Å². The predicted octanol–water partition coefficient (Wildman–Crippen LogP) is 4.01. The van der Waals surface area contributed by atoms with Crippen molar-refractivity contribution in [2.75, 3.05) is 0 Å². The monoisotopic (exact) mass is 312 g/mol. The second-order valence-corrected chi connectivity index (χ2v) is 6.55. The maximum atomic E-state index is 3.48. The van der Waals surface area contributed by atoms with Crippen LogP contribution in [-0.4, -0.2) is 4.57 Å². The van der Waals surface area contributed by atoms with Crippen molar-refractivity contribution in [2.24, 2.45) is 0 Å². The number of aryl methyl sites for hydroxylation is 1. The molecule has 0 amide bonds. The molecule has 2 heterocycles. The molecule has 0 saturated heterocycles. The number of nitrogens with zero attached hydrogens (tertiary/aromatic N) is 1. The molecule has 4 heteroatoms. The van der Waals surface area contributed by atoms with Crippen LogP contribution in [0.5, 0.6) is 0 Å². The van der Waals surface area contributed by atoms with Crippen molar-refractivity contribution in [3.05, 3.63) is 44.8 Å². The molecule has 0 bridgehead atoms. The highest BCUT2D eigenvalue weighted by molar-refractivity contribution is 9.11. The third kappa shape index (κ3) is 3.69. The standard InChI is InChI=1S/C13H17BrN2S/c1-2-7-16-8-3-4-11(16)9-15-10-12-5-6-13(14)17-12/h3-6,8,15H,2,7,9-10H2,1H3. The number of aromatic nitrogens is 1. The number of rotatable bonds is 6. The Bertz CT molecular complexity index is 461. The van der Waals surface area contributed by atoms with E-state index in [1.54, 1.807) is 11.3 Å². The largest absolute Gasteiger partial charge is 0.350 e. The maximum absolute atomic E-state index is 3.48. The van der Waals surface area contributed by atoms with E-state index < -0.39 is 0 Å². The molecule has 2 rings (SSSR count). The lowest BCUT2D eigenvalue weighted by Crippen LogP contribution is -2.15. The Morgan fingerprint density at radius 1 is 1.29 bits per heavy atom. The zero-order valence-electron chi connectivity index (χ0n) is 9.95. The van der Waals surface area contributed by atoms with E-state index in [0.29, 0.717) is 0 Å². The van der Waals surface area contributed by atoms with Crippen LogP contribution < -0.4 is 5.32 Å². The zero-order chi connectivity index (χ0) is 12.1. The summed E-state index contributed by atoms with van der Waals surface area (Å²) in [6.07, 6.45) is 3.34. The predicted molar refractivity (Wildman–Crippen MR) is 77.3 cm³/mol. The Morgan fingerprint density at radius 3 is 2.88 bits per heavy atom. The van der Waals surface area contributed by atoms with Crippen LogP contribution in [0.4, 0.5) is 0 Å². The van der Waals surface area contributed by atoms with Crippen LogP contribution in [-0.2, 0) is 19.6 Å². The Labute approximate surface area is 115 Å². The number of thiophene rings is 1. The average molecular weight is 313 g/mol. The molecule has 0 aliphatic heterocycles. The van der Waals surface area contributed by atoms with E-state index in [1.165, 1.54) is 20.8 Å². The summed E-state index contributed by atoms with van der Waals surface area (Å²) in [4.78, 5) is 1.37. The van der Waals surface area contributed by atoms with Crippen LogP contribution in [0, 0.1) is 0 Å². The Kier molecular flexibility index (Phi) is 4.83. The molecular formula is C13H17BrN2S. The summed E-state index contributed by atoms with van der Waals surface area (Å²) in [5.41, 5.74) is 1.36. The normalized spacial score (nSPS) is 10.9. The fourth-order valence-electron chi connectivity index (χ4n) is 1.83. The third-order valence-corrected chi connectivity index (χ3v) is 4.25. The van der Waals surface area contributed by atoms with Gasteiger partial charge in [-0.15, -0.1) is 11.3 Å². The molecule has 2 aromatic heterocycles. The van der Waals surface area contributed by atoms with E-state index in [-0.39, 0.29) is 0 Å². The summed E-state index contributed by atoms with van der Waals surface area (Å²) in [5.74, 6) is 0. The van der Waals surface area contributed by atoms with Gasteiger partial charge in [0.1, 0.15) is 0 Å². The molecule has 0 fully saturated rings.